The van der Waals surface area contributed by atoms with Gasteiger partial charge < -0.3 is 10.2 Å². The molecule has 1 aromatic carbocycles. The lowest BCUT2D eigenvalue weighted by molar-refractivity contribution is -0.116. The molecule has 1 aromatic rings. The Labute approximate surface area is 127 Å². The largest absolute Gasteiger partial charge is 0.324 e. The smallest absolute Gasteiger partial charge is 0.225 e. The Morgan fingerprint density at radius 3 is 3.05 bits per heavy atom. The van der Waals surface area contributed by atoms with E-state index in [-0.39, 0.29) is 11.6 Å². The Morgan fingerprint density at radius 1 is 1.55 bits per heavy atom. The number of likely N-dealkylation sites (tertiary alicyclic amines) is 1. The number of benzene rings is 1. The molecular weight excluding hydrogens is 323 g/mol. The predicted molar refractivity (Wildman–Crippen MR) is 82.2 cm³/mol. The van der Waals surface area contributed by atoms with Crippen molar-refractivity contribution in [2.75, 3.05) is 25.0 Å². The van der Waals surface area contributed by atoms with Crippen LogP contribution in [-0.2, 0) is 4.79 Å². The van der Waals surface area contributed by atoms with E-state index in [4.69, 9.17) is 0 Å². The molecule has 0 aromatic heterocycles. The first kappa shape index (κ1) is 15.4. The normalized spacial score (nSPS) is 19.9. The number of carbonyl (C=O) groups is 1. The van der Waals surface area contributed by atoms with E-state index in [9.17, 15) is 9.18 Å². The number of hydrogen-bond acceptors (Lipinski definition) is 2. The monoisotopic (exact) mass is 342 g/mol. The van der Waals surface area contributed by atoms with Gasteiger partial charge in [0.1, 0.15) is 5.82 Å². The first-order chi connectivity index (χ1) is 9.54. The van der Waals surface area contributed by atoms with Crippen molar-refractivity contribution in [2.24, 2.45) is 5.92 Å². The molecule has 1 N–H and O–H groups in total. The summed E-state index contributed by atoms with van der Waals surface area (Å²) < 4.78 is 14.3. The SMILES string of the molecule is CC1CCCN(CCC(=O)Nc2ccc(Br)cc2F)C1. The van der Waals surface area contributed by atoms with E-state index in [1.807, 2.05) is 0 Å². The van der Waals surface area contributed by atoms with Gasteiger partial charge in [-0.1, -0.05) is 22.9 Å². The van der Waals surface area contributed by atoms with Crippen molar-refractivity contribution in [1.29, 1.82) is 0 Å². The average Bonchev–Trinajstić information content (AvgIpc) is 2.40. The Hall–Kier alpha value is -0.940. The van der Waals surface area contributed by atoms with Crippen LogP contribution < -0.4 is 5.32 Å². The first-order valence-corrected chi connectivity index (χ1v) is 7.81. The molecule has 1 fully saturated rings. The minimum atomic E-state index is -0.417. The fourth-order valence-electron chi connectivity index (χ4n) is 2.55. The Bertz CT molecular complexity index is 481. The van der Waals surface area contributed by atoms with Crippen molar-refractivity contribution in [2.45, 2.75) is 26.2 Å². The van der Waals surface area contributed by atoms with Gasteiger partial charge in [-0.15, -0.1) is 0 Å². The molecule has 1 saturated heterocycles. The molecule has 5 heteroatoms. The number of piperidine rings is 1. The van der Waals surface area contributed by atoms with Crippen LogP contribution in [0.15, 0.2) is 22.7 Å². The van der Waals surface area contributed by atoms with E-state index in [1.54, 1.807) is 12.1 Å². The number of rotatable bonds is 4. The lowest BCUT2D eigenvalue weighted by atomic mass is 10.0. The van der Waals surface area contributed by atoms with Crippen LogP contribution in [0, 0.1) is 11.7 Å². The van der Waals surface area contributed by atoms with Gasteiger partial charge in [-0.25, -0.2) is 4.39 Å². The molecular formula is C15H20BrFN2O. The molecule has 0 saturated carbocycles. The summed E-state index contributed by atoms with van der Waals surface area (Å²) >= 11 is 3.19. The minimum Gasteiger partial charge on any atom is -0.324 e. The van der Waals surface area contributed by atoms with E-state index >= 15 is 0 Å². The highest BCUT2D eigenvalue weighted by Crippen LogP contribution is 2.20. The van der Waals surface area contributed by atoms with Gasteiger partial charge in [0.15, 0.2) is 0 Å². The number of hydrogen-bond donors (Lipinski definition) is 1. The molecule has 0 bridgehead atoms. The summed E-state index contributed by atoms with van der Waals surface area (Å²) in [5.74, 6) is 0.152. The molecule has 2 rings (SSSR count). The number of amides is 1. The molecule has 1 amide bonds. The number of halogens is 2. The van der Waals surface area contributed by atoms with Crippen LogP contribution in [-0.4, -0.2) is 30.4 Å². The van der Waals surface area contributed by atoms with Crippen LogP contribution in [0.25, 0.3) is 0 Å². The molecule has 1 heterocycles. The molecule has 0 spiro atoms. The van der Waals surface area contributed by atoms with Gasteiger partial charge in [0, 0.05) is 24.0 Å². The number of nitrogens with zero attached hydrogens (tertiary/aromatic N) is 1. The molecule has 110 valence electrons. The third-order valence-corrected chi connectivity index (χ3v) is 4.09. The molecule has 0 aliphatic carbocycles. The van der Waals surface area contributed by atoms with Gasteiger partial charge in [-0.2, -0.15) is 0 Å². The highest BCUT2D eigenvalue weighted by Gasteiger charge is 2.17. The number of nitrogens with one attached hydrogen (secondary N) is 1. The summed E-state index contributed by atoms with van der Waals surface area (Å²) in [5.41, 5.74) is 0.241. The standard InChI is InChI=1S/C15H20BrFN2O/c1-11-3-2-7-19(10-11)8-6-15(20)18-14-5-4-12(16)9-13(14)17/h4-5,9,11H,2-3,6-8,10H2,1H3,(H,18,20). The van der Waals surface area contributed by atoms with Crippen LogP contribution in [0.1, 0.15) is 26.2 Å². The molecule has 1 aliphatic rings. The van der Waals surface area contributed by atoms with Crippen LogP contribution in [0.3, 0.4) is 0 Å². The van der Waals surface area contributed by atoms with Crippen molar-refractivity contribution in [1.82, 2.24) is 4.90 Å². The van der Waals surface area contributed by atoms with Crippen molar-refractivity contribution in [3.05, 3.63) is 28.5 Å². The second-order valence-electron chi connectivity index (χ2n) is 5.47. The summed E-state index contributed by atoms with van der Waals surface area (Å²) in [6.45, 7) is 5.10. The number of carbonyl (C=O) groups excluding carboxylic acids is 1. The summed E-state index contributed by atoms with van der Waals surface area (Å²) in [7, 11) is 0. The van der Waals surface area contributed by atoms with Crippen molar-refractivity contribution in [3.63, 3.8) is 0 Å². The molecule has 0 radical (unpaired) electrons. The molecule has 1 unspecified atom stereocenters. The minimum absolute atomic E-state index is 0.135. The van der Waals surface area contributed by atoms with Gasteiger partial charge in [0.25, 0.3) is 0 Å². The zero-order valence-corrected chi connectivity index (χ0v) is 13.2. The maximum atomic E-state index is 13.6. The lowest BCUT2D eigenvalue weighted by Gasteiger charge is -2.30. The Balaban J connectivity index is 1.80. The summed E-state index contributed by atoms with van der Waals surface area (Å²) in [6.07, 6.45) is 2.87. The Morgan fingerprint density at radius 2 is 2.35 bits per heavy atom. The van der Waals surface area contributed by atoms with Crippen molar-refractivity contribution < 1.29 is 9.18 Å². The third-order valence-electron chi connectivity index (χ3n) is 3.60. The van der Waals surface area contributed by atoms with Crippen LogP contribution in [0.2, 0.25) is 0 Å². The molecule has 3 nitrogen and oxygen atoms in total. The molecule has 20 heavy (non-hydrogen) atoms. The molecule has 1 atom stereocenters. The summed E-state index contributed by atoms with van der Waals surface area (Å²) in [4.78, 5) is 14.2. The fourth-order valence-corrected chi connectivity index (χ4v) is 2.89. The van der Waals surface area contributed by atoms with E-state index in [1.165, 1.54) is 18.9 Å². The summed E-state index contributed by atoms with van der Waals surface area (Å²) in [6, 6.07) is 4.63. The first-order valence-electron chi connectivity index (χ1n) is 7.02. The predicted octanol–water partition coefficient (Wildman–Crippen LogP) is 3.65. The number of anilines is 1. The summed E-state index contributed by atoms with van der Waals surface area (Å²) in [5, 5.41) is 2.63. The second-order valence-corrected chi connectivity index (χ2v) is 6.39. The van der Waals surface area contributed by atoms with Gasteiger partial charge in [0.05, 0.1) is 5.69 Å². The fraction of sp³-hybridized carbons (Fsp3) is 0.533. The zero-order chi connectivity index (χ0) is 14.5. The average molecular weight is 343 g/mol. The van der Waals surface area contributed by atoms with E-state index < -0.39 is 5.82 Å². The van der Waals surface area contributed by atoms with Crippen LogP contribution in [0.5, 0.6) is 0 Å². The van der Waals surface area contributed by atoms with E-state index in [0.29, 0.717) is 16.8 Å². The van der Waals surface area contributed by atoms with Crippen LogP contribution >= 0.6 is 15.9 Å². The maximum Gasteiger partial charge on any atom is 0.225 e. The van der Waals surface area contributed by atoms with Crippen molar-refractivity contribution >= 4 is 27.5 Å². The highest BCUT2D eigenvalue weighted by molar-refractivity contribution is 9.10. The lowest BCUT2D eigenvalue weighted by Crippen LogP contribution is -2.36. The van der Waals surface area contributed by atoms with Gasteiger partial charge >= 0.3 is 0 Å². The van der Waals surface area contributed by atoms with E-state index in [0.717, 1.165) is 19.6 Å². The maximum absolute atomic E-state index is 13.6. The highest BCUT2D eigenvalue weighted by atomic mass is 79.9. The van der Waals surface area contributed by atoms with Gasteiger partial charge in [-0.3, -0.25) is 4.79 Å². The van der Waals surface area contributed by atoms with E-state index in [2.05, 4.69) is 33.1 Å². The second kappa shape index (κ2) is 7.18. The van der Waals surface area contributed by atoms with Crippen LogP contribution in [0.4, 0.5) is 10.1 Å². The third kappa shape index (κ3) is 4.56. The topological polar surface area (TPSA) is 32.3 Å². The molecule has 1 aliphatic heterocycles. The quantitative estimate of drug-likeness (QED) is 0.905. The van der Waals surface area contributed by atoms with Crippen molar-refractivity contribution in [3.8, 4) is 0 Å². The zero-order valence-electron chi connectivity index (χ0n) is 11.7. The van der Waals surface area contributed by atoms with Gasteiger partial charge in [0.2, 0.25) is 5.91 Å². The van der Waals surface area contributed by atoms with Gasteiger partial charge in [-0.05, 0) is 43.5 Å². The Kier molecular flexibility index (Phi) is 5.54.